The largest absolute Gasteiger partial charge is 0.490 e. The van der Waals surface area contributed by atoms with Gasteiger partial charge in [-0.25, -0.2) is 0 Å². The molecular formula is C23H25BrO5. The molecule has 1 atom stereocenters. The van der Waals surface area contributed by atoms with Crippen LogP contribution in [0.4, 0.5) is 0 Å². The number of rotatable bonds is 8. The van der Waals surface area contributed by atoms with Gasteiger partial charge in [-0.3, -0.25) is 4.79 Å². The second-order valence-corrected chi connectivity index (χ2v) is 7.56. The van der Waals surface area contributed by atoms with E-state index in [4.69, 9.17) is 18.9 Å². The molecule has 0 amide bonds. The topological polar surface area (TPSA) is 54.0 Å². The Balaban J connectivity index is 1.48. The Bertz CT molecular complexity index is 826. The molecule has 2 aromatic carbocycles. The van der Waals surface area contributed by atoms with Gasteiger partial charge in [0.05, 0.1) is 11.1 Å². The van der Waals surface area contributed by atoms with Crippen molar-refractivity contribution in [3.63, 3.8) is 0 Å². The van der Waals surface area contributed by atoms with Gasteiger partial charge in [0, 0.05) is 13.5 Å². The van der Waals surface area contributed by atoms with Crippen LogP contribution in [0.3, 0.4) is 0 Å². The van der Waals surface area contributed by atoms with Gasteiger partial charge in [0.15, 0.2) is 6.29 Å². The van der Waals surface area contributed by atoms with E-state index in [0.717, 1.165) is 47.2 Å². The summed E-state index contributed by atoms with van der Waals surface area (Å²) in [5.74, 6) is 0.994. The Kier molecular flexibility index (Phi) is 8.28. The fraction of sp³-hybridized carbons (Fsp3) is 0.348. The summed E-state index contributed by atoms with van der Waals surface area (Å²) in [6.45, 7) is 3.14. The zero-order chi connectivity index (χ0) is 20.5. The monoisotopic (exact) mass is 460 g/mol. The fourth-order valence-corrected chi connectivity index (χ4v) is 3.43. The first-order chi connectivity index (χ1) is 14.1. The minimum absolute atomic E-state index is 0.0913. The van der Waals surface area contributed by atoms with Crippen molar-refractivity contribution in [3.8, 4) is 11.5 Å². The standard InChI is InChI=1S/C23H25BrO5/c1-17(25)29-20-10-7-18(8-11-20)5-6-19-9-12-22(21(24)16-19)26-14-15-28-23-4-2-3-13-27-23/h5-12,16,23H,2-4,13-15H2,1H3. The molecule has 1 aliphatic heterocycles. The third-order valence-corrected chi connectivity index (χ3v) is 4.97. The molecule has 1 heterocycles. The van der Waals surface area contributed by atoms with Crippen LogP contribution < -0.4 is 9.47 Å². The third-order valence-electron chi connectivity index (χ3n) is 4.35. The van der Waals surface area contributed by atoms with Crippen LogP contribution in [0.1, 0.15) is 37.3 Å². The Morgan fingerprint density at radius 3 is 2.55 bits per heavy atom. The van der Waals surface area contributed by atoms with Crippen molar-refractivity contribution in [1.82, 2.24) is 0 Å². The van der Waals surface area contributed by atoms with E-state index in [-0.39, 0.29) is 12.3 Å². The van der Waals surface area contributed by atoms with Crippen molar-refractivity contribution < 1.29 is 23.7 Å². The van der Waals surface area contributed by atoms with Crippen molar-refractivity contribution in [1.29, 1.82) is 0 Å². The lowest BCUT2D eigenvalue weighted by Crippen LogP contribution is -2.24. The lowest BCUT2D eigenvalue weighted by molar-refractivity contribution is -0.165. The van der Waals surface area contributed by atoms with Crippen LogP contribution in [0.25, 0.3) is 12.2 Å². The molecule has 0 radical (unpaired) electrons. The van der Waals surface area contributed by atoms with Gasteiger partial charge in [0.1, 0.15) is 18.1 Å². The zero-order valence-electron chi connectivity index (χ0n) is 16.4. The number of ether oxygens (including phenoxy) is 4. The maximum absolute atomic E-state index is 11.0. The van der Waals surface area contributed by atoms with Crippen LogP contribution in [-0.4, -0.2) is 32.1 Å². The van der Waals surface area contributed by atoms with E-state index in [1.165, 1.54) is 6.92 Å². The Hall–Kier alpha value is -2.15. The average Bonchev–Trinajstić information content (AvgIpc) is 2.72. The first-order valence-corrected chi connectivity index (χ1v) is 10.5. The Morgan fingerprint density at radius 2 is 1.86 bits per heavy atom. The maximum atomic E-state index is 11.0. The van der Waals surface area contributed by atoms with Crippen LogP contribution >= 0.6 is 15.9 Å². The van der Waals surface area contributed by atoms with Gasteiger partial charge in [-0.2, -0.15) is 0 Å². The molecular weight excluding hydrogens is 436 g/mol. The van der Waals surface area contributed by atoms with Crippen molar-refractivity contribution in [3.05, 3.63) is 58.1 Å². The van der Waals surface area contributed by atoms with Crippen LogP contribution in [0.2, 0.25) is 0 Å². The highest BCUT2D eigenvalue weighted by molar-refractivity contribution is 9.10. The molecule has 6 heteroatoms. The predicted molar refractivity (Wildman–Crippen MR) is 116 cm³/mol. The summed E-state index contributed by atoms with van der Waals surface area (Å²) in [5, 5.41) is 0. The summed E-state index contributed by atoms with van der Waals surface area (Å²) >= 11 is 3.56. The fourth-order valence-electron chi connectivity index (χ4n) is 2.92. The molecule has 1 aliphatic rings. The Labute approximate surface area is 179 Å². The van der Waals surface area contributed by atoms with E-state index in [0.29, 0.717) is 19.0 Å². The first kappa shape index (κ1) is 21.6. The second-order valence-electron chi connectivity index (χ2n) is 6.70. The predicted octanol–water partition coefficient (Wildman–Crippen LogP) is 5.47. The molecule has 1 unspecified atom stereocenters. The number of halogens is 1. The number of hydrogen-bond donors (Lipinski definition) is 0. The molecule has 5 nitrogen and oxygen atoms in total. The quantitative estimate of drug-likeness (QED) is 0.226. The van der Waals surface area contributed by atoms with Gasteiger partial charge >= 0.3 is 5.97 Å². The molecule has 3 rings (SSSR count). The summed E-state index contributed by atoms with van der Waals surface area (Å²) in [6.07, 6.45) is 7.14. The van der Waals surface area contributed by atoms with E-state index in [1.807, 2.05) is 42.5 Å². The van der Waals surface area contributed by atoms with E-state index in [9.17, 15) is 4.79 Å². The number of carbonyl (C=O) groups excluding carboxylic acids is 1. The average molecular weight is 461 g/mol. The number of hydrogen-bond acceptors (Lipinski definition) is 5. The summed E-state index contributed by atoms with van der Waals surface area (Å²) < 4.78 is 22.9. The van der Waals surface area contributed by atoms with Crippen LogP contribution in [0, 0.1) is 0 Å². The first-order valence-electron chi connectivity index (χ1n) is 9.72. The molecule has 154 valence electrons. The van der Waals surface area contributed by atoms with Crippen molar-refractivity contribution in [2.75, 3.05) is 19.8 Å². The number of benzene rings is 2. The van der Waals surface area contributed by atoms with Gasteiger partial charge < -0.3 is 18.9 Å². The van der Waals surface area contributed by atoms with Gasteiger partial charge in [-0.1, -0.05) is 30.4 Å². The maximum Gasteiger partial charge on any atom is 0.308 e. The van der Waals surface area contributed by atoms with Gasteiger partial charge in [0.2, 0.25) is 0 Å². The van der Waals surface area contributed by atoms with Gasteiger partial charge in [-0.15, -0.1) is 0 Å². The SMILES string of the molecule is CC(=O)Oc1ccc(C=Cc2ccc(OCCOC3CCCCO3)c(Br)c2)cc1. The molecule has 1 fully saturated rings. The van der Waals surface area contributed by atoms with Crippen LogP contribution in [0.15, 0.2) is 46.9 Å². The summed E-state index contributed by atoms with van der Waals surface area (Å²) in [7, 11) is 0. The summed E-state index contributed by atoms with van der Waals surface area (Å²) in [5.41, 5.74) is 2.06. The van der Waals surface area contributed by atoms with Crippen molar-refractivity contribution in [2.24, 2.45) is 0 Å². The smallest absolute Gasteiger partial charge is 0.308 e. The van der Waals surface area contributed by atoms with Crippen molar-refractivity contribution >= 4 is 34.1 Å². The van der Waals surface area contributed by atoms with E-state index in [2.05, 4.69) is 15.9 Å². The number of carbonyl (C=O) groups is 1. The van der Waals surface area contributed by atoms with Gasteiger partial charge in [-0.05, 0) is 70.6 Å². The number of esters is 1. The molecule has 1 saturated heterocycles. The highest BCUT2D eigenvalue weighted by atomic mass is 79.9. The van der Waals surface area contributed by atoms with Crippen LogP contribution in [0.5, 0.6) is 11.5 Å². The highest BCUT2D eigenvalue weighted by Crippen LogP contribution is 2.27. The van der Waals surface area contributed by atoms with Crippen molar-refractivity contribution in [2.45, 2.75) is 32.5 Å². The molecule has 0 spiro atoms. The molecule has 0 saturated carbocycles. The van der Waals surface area contributed by atoms with E-state index in [1.54, 1.807) is 12.1 Å². The van der Waals surface area contributed by atoms with Crippen LogP contribution in [-0.2, 0) is 14.3 Å². The summed E-state index contributed by atoms with van der Waals surface area (Å²) in [6, 6.07) is 13.3. The molecule has 29 heavy (non-hydrogen) atoms. The normalized spacial score (nSPS) is 16.7. The zero-order valence-corrected chi connectivity index (χ0v) is 18.0. The second kappa shape index (κ2) is 11.1. The lowest BCUT2D eigenvalue weighted by Gasteiger charge is -2.22. The minimum Gasteiger partial charge on any atom is -0.490 e. The molecule has 0 aromatic heterocycles. The molecule has 2 aromatic rings. The third kappa shape index (κ3) is 7.31. The Morgan fingerprint density at radius 1 is 1.10 bits per heavy atom. The lowest BCUT2D eigenvalue weighted by atomic mass is 10.1. The van der Waals surface area contributed by atoms with Gasteiger partial charge in [0.25, 0.3) is 0 Å². The molecule has 0 aliphatic carbocycles. The molecule has 0 N–H and O–H groups in total. The molecule has 0 bridgehead atoms. The minimum atomic E-state index is -0.325. The summed E-state index contributed by atoms with van der Waals surface area (Å²) in [4.78, 5) is 11.0. The van der Waals surface area contributed by atoms with E-state index >= 15 is 0 Å². The van der Waals surface area contributed by atoms with E-state index < -0.39 is 0 Å². The highest BCUT2D eigenvalue weighted by Gasteiger charge is 2.13.